The summed E-state index contributed by atoms with van der Waals surface area (Å²) in [5.74, 6) is 3.17. The Bertz CT molecular complexity index is 629. The van der Waals surface area contributed by atoms with Crippen LogP contribution in [0.3, 0.4) is 0 Å². The van der Waals surface area contributed by atoms with Gasteiger partial charge in [0, 0.05) is 32.5 Å². The molecule has 0 radical (unpaired) electrons. The molecule has 0 aromatic carbocycles. The van der Waals surface area contributed by atoms with Crippen molar-refractivity contribution in [3.63, 3.8) is 0 Å². The van der Waals surface area contributed by atoms with Gasteiger partial charge in [-0.3, -0.25) is 9.59 Å². The Labute approximate surface area is 153 Å². The van der Waals surface area contributed by atoms with E-state index in [-0.39, 0.29) is 24.8 Å². The Morgan fingerprint density at radius 1 is 1.00 bits per heavy atom. The lowest BCUT2D eigenvalue weighted by Gasteiger charge is -2.10. The van der Waals surface area contributed by atoms with Crippen LogP contribution in [0.2, 0.25) is 0 Å². The van der Waals surface area contributed by atoms with Gasteiger partial charge in [0.1, 0.15) is 0 Å². The first-order valence-electron chi connectivity index (χ1n) is 8.51. The van der Waals surface area contributed by atoms with Crippen molar-refractivity contribution in [2.45, 2.75) is 32.6 Å². The van der Waals surface area contributed by atoms with Gasteiger partial charge in [-0.1, -0.05) is 5.92 Å². The fourth-order valence-corrected chi connectivity index (χ4v) is 1.94. The van der Waals surface area contributed by atoms with Gasteiger partial charge < -0.3 is 27.0 Å². The molecule has 1 heterocycles. The lowest BCUT2D eigenvalue weighted by atomic mass is 10.3. The van der Waals surface area contributed by atoms with Crippen molar-refractivity contribution >= 4 is 29.7 Å². The Balaban J connectivity index is 2.58. The summed E-state index contributed by atoms with van der Waals surface area (Å²) in [6.45, 7) is 3.81. The van der Waals surface area contributed by atoms with Gasteiger partial charge in [0.25, 0.3) is 0 Å². The molecule has 0 bridgehead atoms. The molecule has 10 heteroatoms. The highest BCUT2D eigenvalue weighted by molar-refractivity contribution is 5.75. The number of anilines is 3. The van der Waals surface area contributed by atoms with Gasteiger partial charge >= 0.3 is 0 Å². The van der Waals surface area contributed by atoms with E-state index in [1.54, 1.807) is 0 Å². The maximum Gasteiger partial charge on any atom is 0.230 e. The van der Waals surface area contributed by atoms with Crippen molar-refractivity contribution in [2.24, 2.45) is 5.73 Å². The highest BCUT2D eigenvalue weighted by atomic mass is 16.1. The van der Waals surface area contributed by atoms with Crippen LogP contribution in [0.5, 0.6) is 0 Å². The lowest BCUT2D eigenvalue weighted by molar-refractivity contribution is -0.121. The van der Waals surface area contributed by atoms with Gasteiger partial charge in [0.15, 0.2) is 0 Å². The highest BCUT2D eigenvalue weighted by Gasteiger charge is 2.07. The van der Waals surface area contributed by atoms with E-state index in [2.05, 4.69) is 42.1 Å². The van der Waals surface area contributed by atoms with Crippen LogP contribution in [0.25, 0.3) is 0 Å². The van der Waals surface area contributed by atoms with E-state index in [0.29, 0.717) is 56.7 Å². The second-order valence-electron chi connectivity index (χ2n) is 5.34. The molecule has 142 valence electrons. The van der Waals surface area contributed by atoms with Crippen LogP contribution in [0.15, 0.2) is 0 Å². The minimum Gasteiger partial charge on any atom is -0.370 e. The summed E-state index contributed by atoms with van der Waals surface area (Å²) in [4.78, 5) is 34.9. The molecule has 0 aliphatic rings. The maximum absolute atomic E-state index is 11.4. The van der Waals surface area contributed by atoms with Crippen LogP contribution in [0.4, 0.5) is 17.8 Å². The summed E-state index contributed by atoms with van der Waals surface area (Å²) in [5, 5.41) is 11.7. The van der Waals surface area contributed by atoms with Gasteiger partial charge in [-0.15, -0.1) is 6.42 Å². The van der Waals surface area contributed by atoms with E-state index in [0.717, 1.165) is 0 Å². The number of terminal acetylenes is 1. The Hall–Kier alpha value is -3.09. The van der Waals surface area contributed by atoms with Crippen LogP contribution in [-0.2, 0) is 9.59 Å². The first-order valence-corrected chi connectivity index (χ1v) is 8.51. The first-order chi connectivity index (χ1) is 12.5. The minimum absolute atomic E-state index is 0.0122. The topological polar surface area (TPSA) is 147 Å². The molecule has 1 rings (SSSR count). The third kappa shape index (κ3) is 9.27. The van der Waals surface area contributed by atoms with E-state index < -0.39 is 0 Å². The first kappa shape index (κ1) is 21.0. The molecule has 1 aromatic rings. The molecule has 0 atom stereocenters. The predicted octanol–water partition coefficient (Wildman–Crippen LogP) is -0.0777. The summed E-state index contributed by atoms with van der Waals surface area (Å²) < 4.78 is 0. The number of primary amides is 1. The van der Waals surface area contributed by atoms with Crippen LogP contribution < -0.4 is 27.0 Å². The molecular formula is C16H26N8O2. The lowest BCUT2D eigenvalue weighted by Crippen LogP contribution is -2.23. The van der Waals surface area contributed by atoms with Crippen LogP contribution in [0, 0.1) is 12.3 Å². The molecule has 0 fully saturated rings. The summed E-state index contributed by atoms with van der Waals surface area (Å²) in [6, 6.07) is 0. The van der Waals surface area contributed by atoms with Gasteiger partial charge in [-0.05, 0) is 19.8 Å². The molecule has 26 heavy (non-hydrogen) atoms. The molecule has 0 aliphatic heterocycles. The maximum atomic E-state index is 11.4. The Kier molecular flexibility index (Phi) is 9.91. The van der Waals surface area contributed by atoms with Gasteiger partial charge in [0.05, 0.1) is 6.54 Å². The number of rotatable bonds is 13. The van der Waals surface area contributed by atoms with Crippen molar-refractivity contribution < 1.29 is 9.59 Å². The number of nitrogens with two attached hydrogens (primary N) is 1. The highest BCUT2D eigenvalue weighted by Crippen LogP contribution is 2.09. The molecule has 0 spiro atoms. The summed E-state index contributed by atoms with van der Waals surface area (Å²) in [6.07, 6.45) is 7.16. The number of hydrogen-bond acceptors (Lipinski definition) is 8. The number of carbonyl (C=O) groups is 2. The van der Waals surface area contributed by atoms with E-state index in [9.17, 15) is 9.59 Å². The summed E-state index contributed by atoms with van der Waals surface area (Å²) in [5.41, 5.74) is 5.11. The minimum atomic E-state index is -0.353. The fourth-order valence-electron chi connectivity index (χ4n) is 1.94. The largest absolute Gasteiger partial charge is 0.370 e. The third-order valence-corrected chi connectivity index (χ3v) is 3.10. The smallest absolute Gasteiger partial charge is 0.230 e. The fraction of sp³-hybridized carbons (Fsp3) is 0.562. The average Bonchev–Trinajstić information content (AvgIpc) is 2.61. The van der Waals surface area contributed by atoms with Crippen molar-refractivity contribution in [1.29, 1.82) is 0 Å². The molecule has 10 nitrogen and oxygen atoms in total. The molecular weight excluding hydrogens is 336 g/mol. The van der Waals surface area contributed by atoms with Crippen molar-refractivity contribution in [2.75, 3.05) is 42.1 Å². The second kappa shape index (κ2) is 12.3. The third-order valence-electron chi connectivity index (χ3n) is 3.10. The summed E-state index contributed by atoms with van der Waals surface area (Å²) in [7, 11) is 0. The summed E-state index contributed by atoms with van der Waals surface area (Å²) >= 11 is 0. The van der Waals surface area contributed by atoms with Crippen LogP contribution >= 0.6 is 0 Å². The molecule has 0 unspecified atom stereocenters. The predicted molar refractivity (Wildman–Crippen MR) is 100 cm³/mol. The quantitative estimate of drug-likeness (QED) is 0.242. The zero-order chi connectivity index (χ0) is 19.2. The van der Waals surface area contributed by atoms with Crippen molar-refractivity contribution in [1.82, 2.24) is 20.3 Å². The van der Waals surface area contributed by atoms with E-state index in [1.807, 2.05) is 6.92 Å². The molecule has 6 N–H and O–H groups in total. The van der Waals surface area contributed by atoms with E-state index in [1.165, 1.54) is 0 Å². The number of nitrogens with one attached hydrogen (secondary N) is 4. The zero-order valence-corrected chi connectivity index (χ0v) is 15.0. The number of hydrogen-bond donors (Lipinski definition) is 5. The monoisotopic (exact) mass is 362 g/mol. The van der Waals surface area contributed by atoms with Crippen molar-refractivity contribution in [3.8, 4) is 12.3 Å². The molecule has 0 aliphatic carbocycles. The Morgan fingerprint density at radius 3 is 2.04 bits per heavy atom. The van der Waals surface area contributed by atoms with E-state index in [4.69, 9.17) is 12.2 Å². The SMILES string of the molecule is C#CCNc1nc(NCCCC(N)=O)nc(NCCCC(=O)NCC)n1. The van der Waals surface area contributed by atoms with Gasteiger partial charge in [-0.2, -0.15) is 15.0 Å². The Morgan fingerprint density at radius 2 is 1.54 bits per heavy atom. The standard InChI is InChI=1S/C16H26N8O2/c1-3-9-19-14-22-15(20-10-5-7-12(17)25)24-16(23-14)21-11-6-8-13(26)18-4-2/h1H,4-11H2,2H3,(H2,17,25)(H,18,26)(H3,19,20,21,22,23,24). The number of nitrogens with zero attached hydrogens (tertiary/aromatic N) is 3. The number of carbonyl (C=O) groups excluding carboxylic acids is 2. The number of aromatic nitrogens is 3. The van der Waals surface area contributed by atoms with Crippen molar-refractivity contribution in [3.05, 3.63) is 0 Å². The van der Waals surface area contributed by atoms with E-state index >= 15 is 0 Å². The normalized spacial score (nSPS) is 9.85. The van der Waals surface area contributed by atoms with Crippen LogP contribution in [-0.4, -0.2) is 52.9 Å². The molecule has 2 amide bonds. The molecule has 0 saturated carbocycles. The average molecular weight is 362 g/mol. The number of amides is 2. The zero-order valence-electron chi connectivity index (χ0n) is 15.0. The van der Waals surface area contributed by atoms with Crippen LogP contribution in [0.1, 0.15) is 32.6 Å². The molecule has 1 aromatic heterocycles. The molecule has 0 saturated heterocycles. The second-order valence-corrected chi connectivity index (χ2v) is 5.34. The van der Waals surface area contributed by atoms with Gasteiger partial charge in [-0.25, -0.2) is 0 Å². The van der Waals surface area contributed by atoms with Gasteiger partial charge in [0.2, 0.25) is 29.7 Å².